The number of hydrogen-bond donors (Lipinski definition) is 0. The molecule has 1 saturated carbocycles. The van der Waals surface area contributed by atoms with Gasteiger partial charge in [0.1, 0.15) is 0 Å². The van der Waals surface area contributed by atoms with Crippen LogP contribution >= 0.6 is 0 Å². The second-order valence-corrected chi connectivity index (χ2v) is 6.94. The molecule has 1 aromatic heterocycles. The van der Waals surface area contributed by atoms with Crippen molar-refractivity contribution in [1.29, 1.82) is 0 Å². The van der Waals surface area contributed by atoms with Crippen LogP contribution in [0.5, 0.6) is 0 Å². The maximum atomic E-state index is 12.9. The Bertz CT molecular complexity index is 711. The lowest BCUT2D eigenvalue weighted by Gasteiger charge is -2.36. The maximum Gasteiger partial charge on any atom is 0.255 e. The van der Waals surface area contributed by atoms with E-state index < -0.39 is 0 Å². The largest absolute Gasteiger partial charge is 0.338 e. The van der Waals surface area contributed by atoms with Crippen molar-refractivity contribution in [3.63, 3.8) is 0 Å². The van der Waals surface area contributed by atoms with Gasteiger partial charge in [-0.2, -0.15) is 0 Å². The van der Waals surface area contributed by atoms with E-state index in [1.54, 1.807) is 0 Å². The Hall–Kier alpha value is -2.16. The van der Waals surface area contributed by atoms with Crippen LogP contribution in [0.4, 0.5) is 0 Å². The number of carbonyl (C=O) groups is 1. The number of aromatic nitrogens is 1. The Morgan fingerprint density at radius 2 is 1.79 bits per heavy atom. The smallest absolute Gasteiger partial charge is 0.255 e. The minimum Gasteiger partial charge on any atom is -0.338 e. The Balaban J connectivity index is 1.82. The van der Waals surface area contributed by atoms with E-state index >= 15 is 0 Å². The number of hydrogen-bond acceptors (Lipinski definition) is 2. The summed E-state index contributed by atoms with van der Waals surface area (Å²) < 4.78 is 0. The molecule has 0 aliphatic heterocycles. The zero-order valence-electron chi connectivity index (χ0n) is 14.8. The van der Waals surface area contributed by atoms with Gasteiger partial charge in [-0.1, -0.05) is 50.1 Å². The lowest BCUT2D eigenvalue weighted by atomic mass is 9.85. The molecule has 1 fully saturated rings. The molecule has 24 heavy (non-hydrogen) atoms. The third kappa shape index (κ3) is 3.35. The molecular weight excluding hydrogens is 296 g/mol. The molecule has 3 nitrogen and oxygen atoms in total. The fourth-order valence-corrected chi connectivity index (χ4v) is 3.77. The van der Waals surface area contributed by atoms with Crippen LogP contribution in [0, 0.1) is 12.8 Å². The van der Waals surface area contributed by atoms with Gasteiger partial charge < -0.3 is 4.90 Å². The molecule has 0 saturated heterocycles. The van der Waals surface area contributed by atoms with Crippen molar-refractivity contribution in [3.05, 3.63) is 53.7 Å². The molecular formula is C21H26N2O. The molecule has 3 rings (SSSR count). The number of carbonyl (C=O) groups excluding carboxylic acids is 1. The van der Waals surface area contributed by atoms with Crippen LogP contribution in [-0.4, -0.2) is 28.9 Å². The summed E-state index contributed by atoms with van der Waals surface area (Å²) in [4.78, 5) is 19.5. The van der Waals surface area contributed by atoms with Crippen molar-refractivity contribution in [1.82, 2.24) is 9.88 Å². The zero-order chi connectivity index (χ0) is 17.1. The molecule has 0 spiro atoms. The first kappa shape index (κ1) is 16.7. The van der Waals surface area contributed by atoms with Gasteiger partial charge in [-0.3, -0.25) is 9.78 Å². The Kier molecular flexibility index (Phi) is 4.98. The first-order chi connectivity index (χ1) is 11.6. The summed E-state index contributed by atoms with van der Waals surface area (Å²) in [5, 5.41) is 0. The molecule has 0 radical (unpaired) electrons. The van der Waals surface area contributed by atoms with Crippen molar-refractivity contribution in [2.75, 3.05) is 7.05 Å². The Morgan fingerprint density at radius 1 is 1.08 bits per heavy atom. The first-order valence-corrected chi connectivity index (χ1v) is 8.88. The zero-order valence-corrected chi connectivity index (χ0v) is 14.8. The fraction of sp³-hybridized carbons (Fsp3) is 0.429. The van der Waals surface area contributed by atoms with Gasteiger partial charge in [-0.15, -0.1) is 0 Å². The van der Waals surface area contributed by atoms with E-state index in [0.717, 1.165) is 28.9 Å². The molecule has 126 valence electrons. The van der Waals surface area contributed by atoms with Crippen LogP contribution in [0.25, 0.3) is 11.3 Å². The number of pyridine rings is 1. The van der Waals surface area contributed by atoms with Gasteiger partial charge in [0.15, 0.2) is 0 Å². The number of nitrogens with zero attached hydrogens (tertiary/aromatic N) is 2. The molecule has 1 aliphatic rings. The highest BCUT2D eigenvalue weighted by Gasteiger charge is 2.29. The van der Waals surface area contributed by atoms with Crippen LogP contribution in [0.1, 0.15) is 48.7 Å². The Labute approximate surface area is 144 Å². The topological polar surface area (TPSA) is 33.2 Å². The van der Waals surface area contributed by atoms with Crippen molar-refractivity contribution >= 4 is 5.91 Å². The van der Waals surface area contributed by atoms with E-state index in [4.69, 9.17) is 0 Å². The molecule has 2 aromatic rings. The maximum absolute atomic E-state index is 12.9. The van der Waals surface area contributed by atoms with E-state index in [1.807, 2.05) is 61.3 Å². The van der Waals surface area contributed by atoms with E-state index in [0.29, 0.717) is 12.0 Å². The fourth-order valence-electron chi connectivity index (χ4n) is 3.77. The second kappa shape index (κ2) is 7.16. The van der Waals surface area contributed by atoms with E-state index in [9.17, 15) is 4.79 Å². The summed E-state index contributed by atoms with van der Waals surface area (Å²) in [7, 11) is 1.94. The molecule has 0 unspecified atom stereocenters. The lowest BCUT2D eigenvalue weighted by Crippen LogP contribution is -2.42. The summed E-state index contributed by atoms with van der Waals surface area (Å²) in [5.74, 6) is 0.669. The monoisotopic (exact) mass is 322 g/mol. The van der Waals surface area contributed by atoms with Gasteiger partial charge in [-0.25, -0.2) is 0 Å². The van der Waals surface area contributed by atoms with Gasteiger partial charge in [0.2, 0.25) is 0 Å². The number of aryl methyl sites for hydroxylation is 1. The minimum atomic E-state index is 0.0957. The quantitative estimate of drug-likeness (QED) is 0.820. The normalized spacial score (nSPS) is 20.6. The predicted octanol–water partition coefficient (Wildman–Crippen LogP) is 4.71. The van der Waals surface area contributed by atoms with Crippen LogP contribution in [0.2, 0.25) is 0 Å². The van der Waals surface area contributed by atoms with E-state index in [2.05, 4.69) is 11.9 Å². The number of benzene rings is 1. The standard InChI is InChI=1S/C21H26N2O/c1-15-9-7-8-12-20(15)23(3)21(24)18-13-14-19(22-16(18)2)17-10-5-4-6-11-17/h4-6,10-11,13-15,20H,7-9,12H2,1-3H3/t15-,20-/m0/s1. The van der Waals surface area contributed by atoms with Crippen molar-refractivity contribution in [2.45, 2.75) is 45.6 Å². The van der Waals surface area contributed by atoms with Gasteiger partial charge in [0, 0.05) is 18.7 Å². The molecule has 0 bridgehead atoms. The summed E-state index contributed by atoms with van der Waals surface area (Å²) in [6, 6.07) is 14.3. The molecule has 3 heteroatoms. The molecule has 1 aliphatic carbocycles. The second-order valence-electron chi connectivity index (χ2n) is 6.94. The predicted molar refractivity (Wildman–Crippen MR) is 97.9 cm³/mol. The number of amides is 1. The van der Waals surface area contributed by atoms with Crippen molar-refractivity contribution in [2.24, 2.45) is 5.92 Å². The summed E-state index contributed by atoms with van der Waals surface area (Å²) >= 11 is 0. The van der Waals surface area contributed by atoms with E-state index in [1.165, 1.54) is 19.3 Å². The van der Waals surface area contributed by atoms with Crippen LogP contribution < -0.4 is 0 Å². The average Bonchev–Trinajstić information content (AvgIpc) is 2.61. The van der Waals surface area contributed by atoms with Crippen molar-refractivity contribution in [3.8, 4) is 11.3 Å². The SMILES string of the molecule is Cc1nc(-c2ccccc2)ccc1C(=O)N(C)[C@H]1CCCC[C@@H]1C. The van der Waals surface area contributed by atoms with Gasteiger partial charge in [0.25, 0.3) is 5.91 Å². The molecule has 2 atom stereocenters. The minimum absolute atomic E-state index is 0.0957. The third-order valence-corrected chi connectivity index (χ3v) is 5.27. The lowest BCUT2D eigenvalue weighted by molar-refractivity contribution is 0.0628. The average molecular weight is 322 g/mol. The highest BCUT2D eigenvalue weighted by atomic mass is 16.2. The number of rotatable bonds is 3. The third-order valence-electron chi connectivity index (χ3n) is 5.27. The molecule has 0 N–H and O–H groups in total. The van der Waals surface area contributed by atoms with Gasteiger partial charge >= 0.3 is 0 Å². The van der Waals surface area contributed by atoms with Crippen LogP contribution in [0.3, 0.4) is 0 Å². The molecule has 1 aromatic carbocycles. The molecule has 1 heterocycles. The highest BCUT2D eigenvalue weighted by molar-refractivity contribution is 5.95. The highest BCUT2D eigenvalue weighted by Crippen LogP contribution is 2.29. The van der Waals surface area contributed by atoms with Gasteiger partial charge in [0.05, 0.1) is 17.0 Å². The summed E-state index contributed by atoms with van der Waals surface area (Å²) in [6.45, 7) is 4.19. The molecule has 1 amide bonds. The van der Waals surface area contributed by atoms with Crippen molar-refractivity contribution < 1.29 is 4.79 Å². The Morgan fingerprint density at radius 3 is 2.46 bits per heavy atom. The van der Waals surface area contributed by atoms with E-state index in [-0.39, 0.29) is 5.91 Å². The van der Waals surface area contributed by atoms with Crippen LogP contribution in [0.15, 0.2) is 42.5 Å². The first-order valence-electron chi connectivity index (χ1n) is 8.88. The summed E-state index contributed by atoms with van der Waals surface area (Å²) in [6.07, 6.45) is 4.83. The van der Waals surface area contributed by atoms with Crippen LogP contribution in [-0.2, 0) is 0 Å². The van der Waals surface area contributed by atoms with Gasteiger partial charge in [-0.05, 0) is 37.8 Å². The summed E-state index contributed by atoms with van der Waals surface area (Å²) in [5.41, 5.74) is 3.51.